The lowest BCUT2D eigenvalue weighted by molar-refractivity contribution is -0.156. The number of rotatable bonds is 4. The third kappa shape index (κ3) is 4.09. The minimum Gasteiger partial charge on any atom is -0.461 e. The Morgan fingerprint density at radius 1 is 1.43 bits per heavy atom. The molecule has 82 valence electrons. The van der Waals surface area contributed by atoms with Gasteiger partial charge in [-0.1, -0.05) is 13.3 Å². The summed E-state index contributed by atoms with van der Waals surface area (Å²) in [6.07, 6.45) is 4.60. The zero-order chi connectivity index (χ0) is 10.4. The van der Waals surface area contributed by atoms with Gasteiger partial charge in [-0.3, -0.25) is 0 Å². The van der Waals surface area contributed by atoms with E-state index in [-0.39, 0.29) is 18.7 Å². The maximum absolute atomic E-state index is 11.2. The minimum absolute atomic E-state index is 0.0986. The van der Waals surface area contributed by atoms with Gasteiger partial charge in [0.2, 0.25) is 0 Å². The summed E-state index contributed by atoms with van der Waals surface area (Å²) in [6, 6.07) is 0. The van der Waals surface area contributed by atoms with Gasteiger partial charge in [-0.05, 0) is 32.1 Å². The largest absolute Gasteiger partial charge is 0.461 e. The molecule has 0 N–H and O–H groups in total. The van der Waals surface area contributed by atoms with Crippen molar-refractivity contribution < 1.29 is 14.3 Å². The van der Waals surface area contributed by atoms with E-state index in [2.05, 4.69) is 6.92 Å². The molecule has 3 nitrogen and oxygen atoms in total. The van der Waals surface area contributed by atoms with Gasteiger partial charge in [0.1, 0.15) is 12.7 Å². The molecule has 1 saturated carbocycles. The zero-order valence-electron chi connectivity index (χ0n) is 9.12. The molecule has 0 heterocycles. The van der Waals surface area contributed by atoms with E-state index in [1.807, 2.05) is 6.92 Å². The molecule has 0 saturated heterocycles. The van der Waals surface area contributed by atoms with Crippen molar-refractivity contribution in [3.05, 3.63) is 0 Å². The highest BCUT2D eigenvalue weighted by atomic mass is 16.6. The molecule has 0 radical (unpaired) electrons. The first kappa shape index (κ1) is 11.5. The Morgan fingerprint density at radius 3 is 2.86 bits per heavy atom. The third-order valence-electron chi connectivity index (χ3n) is 2.61. The van der Waals surface area contributed by atoms with Crippen LogP contribution in [0.4, 0.5) is 0 Å². The van der Waals surface area contributed by atoms with Gasteiger partial charge >= 0.3 is 5.97 Å². The first-order valence-electron chi connectivity index (χ1n) is 5.49. The van der Waals surface area contributed by atoms with Crippen molar-refractivity contribution in [1.82, 2.24) is 0 Å². The monoisotopic (exact) mass is 200 g/mol. The molecule has 2 atom stereocenters. The van der Waals surface area contributed by atoms with Gasteiger partial charge in [0.25, 0.3) is 0 Å². The van der Waals surface area contributed by atoms with Crippen LogP contribution in [0.1, 0.15) is 39.5 Å². The zero-order valence-corrected chi connectivity index (χ0v) is 9.12. The van der Waals surface area contributed by atoms with E-state index >= 15 is 0 Å². The van der Waals surface area contributed by atoms with E-state index in [1.165, 1.54) is 12.8 Å². The summed E-state index contributed by atoms with van der Waals surface area (Å²) in [5, 5.41) is 0. The predicted octanol–water partition coefficient (Wildman–Crippen LogP) is 2.14. The van der Waals surface area contributed by atoms with Crippen LogP contribution in [0.3, 0.4) is 0 Å². The molecule has 1 aliphatic rings. The van der Waals surface area contributed by atoms with Crippen LogP contribution in [0.2, 0.25) is 0 Å². The van der Waals surface area contributed by atoms with Crippen molar-refractivity contribution in [3.63, 3.8) is 0 Å². The summed E-state index contributed by atoms with van der Waals surface area (Å²) in [6.45, 7) is 4.75. The summed E-state index contributed by atoms with van der Waals surface area (Å²) < 4.78 is 10.3. The van der Waals surface area contributed by atoms with Gasteiger partial charge in [0, 0.05) is 6.61 Å². The van der Waals surface area contributed by atoms with Crippen LogP contribution in [0.15, 0.2) is 0 Å². The average Bonchev–Trinajstić information content (AvgIpc) is 2.15. The molecule has 0 spiro atoms. The van der Waals surface area contributed by atoms with Crippen molar-refractivity contribution in [2.75, 3.05) is 13.2 Å². The molecule has 0 aromatic rings. The van der Waals surface area contributed by atoms with Crippen molar-refractivity contribution in [1.29, 1.82) is 0 Å². The standard InChI is InChI=1S/C11H20O3/c1-3-13-8-11(12)14-10-6-4-5-9(2)7-10/h9-10H,3-8H2,1-2H3. The maximum Gasteiger partial charge on any atom is 0.332 e. The van der Waals surface area contributed by atoms with Crippen molar-refractivity contribution in [2.24, 2.45) is 5.92 Å². The van der Waals surface area contributed by atoms with E-state index in [9.17, 15) is 4.79 Å². The molecule has 0 amide bonds. The Bertz CT molecular complexity index is 179. The SMILES string of the molecule is CCOCC(=O)OC1CCCC(C)C1. The fraction of sp³-hybridized carbons (Fsp3) is 0.909. The number of hydrogen-bond acceptors (Lipinski definition) is 3. The van der Waals surface area contributed by atoms with Crippen LogP contribution >= 0.6 is 0 Å². The first-order chi connectivity index (χ1) is 6.72. The number of ether oxygens (including phenoxy) is 2. The molecule has 1 fully saturated rings. The van der Waals surface area contributed by atoms with E-state index in [4.69, 9.17) is 9.47 Å². The second kappa shape index (κ2) is 6.02. The van der Waals surface area contributed by atoms with E-state index in [1.54, 1.807) is 0 Å². The topological polar surface area (TPSA) is 35.5 Å². The molecule has 2 unspecified atom stereocenters. The highest BCUT2D eigenvalue weighted by Crippen LogP contribution is 2.25. The maximum atomic E-state index is 11.2. The normalized spacial score (nSPS) is 27.3. The average molecular weight is 200 g/mol. The van der Waals surface area contributed by atoms with E-state index in [0.29, 0.717) is 12.5 Å². The first-order valence-corrected chi connectivity index (χ1v) is 5.49. The molecule has 0 aromatic heterocycles. The van der Waals surface area contributed by atoms with Crippen molar-refractivity contribution >= 4 is 5.97 Å². The quantitative estimate of drug-likeness (QED) is 0.652. The molecule has 3 heteroatoms. The van der Waals surface area contributed by atoms with Crippen molar-refractivity contribution in [2.45, 2.75) is 45.6 Å². The lowest BCUT2D eigenvalue weighted by Crippen LogP contribution is -2.26. The smallest absolute Gasteiger partial charge is 0.332 e. The Labute approximate surface area is 85.8 Å². The van der Waals surface area contributed by atoms with Gasteiger partial charge < -0.3 is 9.47 Å². The van der Waals surface area contributed by atoms with Gasteiger partial charge in [0.05, 0.1) is 0 Å². The van der Waals surface area contributed by atoms with Gasteiger partial charge in [-0.2, -0.15) is 0 Å². The third-order valence-corrected chi connectivity index (χ3v) is 2.61. The summed E-state index contributed by atoms with van der Waals surface area (Å²) in [7, 11) is 0. The van der Waals surface area contributed by atoms with E-state index < -0.39 is 0 Å². The fourth-order valence-electron chi connectivity index (χ4n) is 1.89. The Kier molecular flexibility index (Phi) is 4.94. The van der Waals surface area contributed by atoms with Crippen LogP contribution in [-0.4, -0.2) is 25.3 Å². The minimum atomic E-state index is -0.217. The Hall–Kier alpha value is -0.570. The number of hydrogen-bond donors (Lipinski definition) is 0. The fourth-order valence-corrected chi connectivity index (χ4v) is 1.89. The Balaban J connectivity index is 2.18. The molecule has 0 aromatic carbocycles. The second-order valence-corrected chi connectivity index (χ2v) is 4.02. The number of esters is 1. The number of carbonyl (C=O) groups is 1. The van der Waals surface area contributed by atoms with Crippen LogP contribution < -0.4 is 0 Å². The van der Waals surface area contributed by atoms with Crippen molar-refractivity contribution in [3.8, 4) is 0 Å². The molecular formula is C11H20O3. The highest BCUT2D eigenvalue weighted by Gasteiger charge is 2.21. The predicted molar refractivity (Wildman–Crippen MR) is 54.0 cm³/mol. The molecular weight excluding hydrogens is 180 g/mol. The Morgan fingerprint density at radius 2 is 2.21 bits per heavy atom. The summed E-state index contributed by atoms with van der Waals surface area (Å²) in [5.74, 6) is 0.472. The number of carbonyl (C=O) groups excluding carboxylic acids is 1. The van der Waals surface area contributed by atoms with Crippen LogP contribution in [0.25, 0.3) is 0 Å². The summed E-state index contributed by atoms with van der Waals surface area (Å²) in [4.78, 5) is 11.2. The van der Waals surface area contributed by atoms with Gasteiger partial charge in [-0.15, -0.1) is 0 Å². The molecule has 14 heavy (non-hydrogen) atoms. The summed E-state index contributed by atoms with van der Waals surface area (Å²) in [5.41, 5.74) is 0. The van der Waals surface area contributed by atoms with Crippen LogP contribution in [0.5, 0.6) is 0 Å². The van der Waals surface area contributed by atoms with Gasteiger partial charge in [0.15, 0.2) is 0 Å². The molecule has 1 rings (SSSR count). The second-order valence-electron chi connectivity index (χ2n) is 4.02. The van der Waals surface area contributed by atoms with Crippen LogP contribution in [-0.2, 0) is 14.3 Å². The molecule has 0 aliphatic heterocycles. The lowest BCUT2D eigenvalue weighted by atomic mass is 9.89. The van der Waals surface area contributed by atoms with Gasteiger partial charge in [-0.25, -0.2) is 4.79 Å². The highest BCUT2D eigenvalue weighted by molar-refractivity contribution is 5.70. The summed E-state index contributed by atoms with van der Waals surface area (Å²) >= 11 is 0. The molecule has 1 aliphatic carbocycles. The lowest BCUT2D eigenvalue weighted by Gasteiger charge is -2.26. The molecule has 0 bridgehead atoms. The van der Waals surface area contributed by atoms with E-state index in [0.717, 1.165) is 12.8 Å². The van der Waals surface area contributed by atoms with Crippen LogP contribution in [0, 0.1) is 5.92 Å².